The smallest absolute Gasteiger partial charge is 0.425 e. The molecule has 0 aromatic heterocycles. The van der Waals surface area contributed by atoms with Crippen LogP contribution in [-0.4, -0.2) is 25.6 Å². The minimum Gasteiger partial charge on any atom is -0.497 e. The molecule has 0 aliphatic carbocycles. The Kier molecular flexibility index (Phi) is 4.97. The summed E-state index contributed by atoms with van der Waals surface area (Å²) in [6.07, 6.45) is -1.38. The van der Waals surface area contributed by atoms with Gasteiger partial charge in [0.2, 0.25) is 11.9 Å². The number of rotatable bonds is 2. The van der Waals surface area contributed by atoms with Crippen molar-refractivity contribution in [3.63, 3.8) is 0 Å². The Labute approximate surface area is 116 Å². The maximum atomic E-state index is 11.4. The summed E-state index contributed by atoms with van der Waals surface area (Å²) in [6.45, 7) is 4.02. The molecule has 5 nitrogen and oxygen atoms in total. The molecule has 104 valence electrons. The second kappa shape index (κ2) is 6.08. The lowest BCUT2D eigenvalue weighted by atomic mass is 10.0. The zero-order valence-electron chi connectivity index (χ0n) is 11.4. The Morgan fingerprint density at radius 3 is 2.47 bits per heavy atom. The first kappa shape index (κ1) is 15.5. The highest BCUT2D eigenvalue weighted by Gasteiger charge is 2.35. The van der Waals surface area contributed by atoms with Crippen molar-refractivity contribution in [3.05, 3.63) is 29.8 Å². The number of amides is 1. The van der Waals surface area contributed by atoms with Crippen LogP contribution < -0.4 is 8.99 Å². The fourth-order valence-corrected chi connectivity index (χ4v) is 2.20. The van der Waals surface area contributed by atoms with Crippen LogP contribution in [0.25, 0.3) is 0 Å². The summed E-state index contributed by atoms with van der Waals surface area (Å²) >= 11 is 0.543. The Bertz CT molecular complexity index is 489. The van der Waals surface area contributed by atoms with E-state index in [0.29, 0.717) is 17.6 Å². The number of methoxy groups -OCH3 is 1. The topological polar surface area (TPSA) is 66.4 Å². The van der Waals surface area contributed by atoms with Crippen LogP contribution in [0.1, 0.15) is 25.3 Å². The Morgan fingerprint density at radius 1 is 1.37 bits per heavy atom. The van der Waals surface area contributed by atoms with Crippen molar-refractivity contribution in [1.82, 2.24) is 3.89 Å². The van der Waals surface area contributed by atoms with Gasteiger partial charge in [-0.3, -0.25) is 0 Å². The van der Waals surface area contributed by atoms with Gasteiger partial charge in [0.25, 0.3) is 6.09 Å². The molecule has 0 aliphatic heterocycles. The van der Waals surface area contributed by atoms with E-state index in [0.717, 1.165) is 5.56 Å². The zero-order chi connectivity index (χ0) is 14.6. The second-order valence-electron chi connectivity index (χ2n) is 4.49. The maximum absolute atomic E-state index is 11.4. The summed E-state index contributed by atoms with van der Waals surface area (Å²) in [5, 5.41) is 10.7. The molecule has 1 unspecified atom stereocenters. The second-order valence-corrected chi connectivity index (χ2v) is 5.73. The van der Waals surface area contributed by atoms with Gasteiger partial charge in [0.05, 0.1) is 14.2 Å². The summed E-state index contributed by atoms with van der Waals surface area (Å²) in [5.41, 5.74) is 1.45. The maximum Gasteiger partial charge on any atom is 0.425 e. The summed E-state index contributed by atoms with van der Waals surface area (Å²) in [4.78, 5) is 22.7. The number of ether oxygens (including phenoxy) is 1. The van der Waals surface area contributed by atoms with Crippen molar-refractivity contribution >= 4 is 29.0 Å². The summed E-state index contributed by atoms with van der Waals surface area (Å²) in [5.74, 6) is 0.262. The van der Waals surface area contributed by atoms with Gasteiger partial charge in [-0.05, 0) is 11.5 Å². The average Bonchev–Trinajstić information content (AvgIpc) is 2.38. The number of quaternary nitrogens is 1. The van der Waals surface area contributed by atoms with Crippen LogP contribution in [0.5, 0.6) is 0 Å². The van der Waals surface area contributed by atoms with Gasteiger partial charge in [0.1, 0.15) is 0 Å². The summed E-state index contributed by atoms with van der Waals surface area (Å²) < 4.78 is 3.80. The van der Waals surface area contributed by atoms with E-state index in [1.54, 1.807) is 18.2 Å². The minimum absolute atomic E-state index is 0.262. The van der Waals surface area contributed by atoms with Crippen LogP contribution >= 0.6 is 11.9 Å². The van der Waals surface area contributed by atoms with Gasteiger partial charge in [-0.1, -0.05) is 26.0 Å². The molecule has 0 spiro atoms. The molecule has 0 heterocycles. The molecule has 0 aliphatic rings. The van der Waals surface area contributed by atoms with Gasteiger partial charge in [0, 0.05) is 12.1 Å². The van der Waals surface area contributed by atoms with Crippen molar-refractivity contribution in [2.45, 2.75) is 19.8 Å². The number of carbonyl (C=O) groups excluding carboxylic acids is 2. The molecule has 1 rings (SSSR count). The predicted octanol–water partition coefficient (Wildman–Crippen LogP) is 2.51. The molecule has 6 heteroatoms. The first-order valence-corrected chi connectivity index (χ1v) is 6.54. The van der Waals surface area contributed by atoms with E-state index >= 15 is 0 Å². The fourth-order valence-electron chi connectivity index (χ4n) is 1.53. The lowest BCUT2D eigenvalue weighted by molar-refractivity contribution is -0.256. The Hall–Kier alpha value is -1.53. The third-order valence-corrected chi connectivity index (χ3v) is 3.84. The van der Waals surface area contributed by atoms with Crippen LogP contribution in [0.4, 0.5) is 15.3 Å². The third-order valence-electron chi connectivity index (χ3n) is 2.80. The Morgan fingerprint density at radius 2 is 2.00 bits per heavy atom. The molecule has 1 atom stereocenters. The van der Waals surface area contributed by atoms with E-state index in [-0.39, 0.29) is 5.92 Å². The van der Waals surface area contributed by atoms with Gasteiger partial charge >= 0.3 is 5.30 Å². The van der Waals surface area contributed by atoms with Crippen molar-refractivity contribution in [3.8, 4) is 0 Å². The number of carbonyl (C=O) groups is 2. The number of hydrogen-bond acceptors (Lipinski definition) is 5. The molecule has 0 saturated carbocycles. The monoisotopic (exact) mass is 283 g/mol. The van der Waals surface area contributed by atoms with Gasteiger partial charge in [-0.15, -0.1) is 0 Å². The third kappa shape index (κ3) is 3.48. The van der Waals surface area contributed by atoms with E-state index in [1.807, 2.05) is 19.9 Å². The van der Waals surface area contributed by atoms with Gasteiger partial charge in [0.15, 0.2) is 5.69 Å². The highest BCUT2D eigenvalue weighted by Crippen LogP contribution is 2.33. The first-order valence-electron chi connectivity index (χ1n) is 5.77. The molecule has 0 radical (unpaired) electrons. The highest BCUT2D eigenvalue weighted by atomic mass is 32.2. The van der Waals surface area contributed by atoms with Crippen LogP contribution in [0.3, 0.4) is 0 Å². The van der Waals surface area contributed by atoms with Crippen molar-refractivity contribution < 1.29 is 19.4 Å². The molecule has 0 bridgehead atoms. The molecule has 0 saturated heterocycles. The number of hydrogen-bond donors (Lipinski definition) is 0. The molecular weight excluding hydrogens is 266 g/mol. The van der Waals surface area contributed by atoms with E-state index in [1.165, 1.54) is 14.2 Å². The highest BCUT2D eigenvalue weighted by molar-refractivity contribution is 8.13. The Balaban J connectivity index is 3.22. The molecular formula is C13H17NO4S. The van der Waals surface area contributed by atoms with E-state index in [9.17, 15) is 14.7 Å². The summed E-state index contributed by atoms with van der Waals surface area (Å²) in [7, 11) is 2.59. The minimum atomic E-state index is -1.38. The molecule has 1 aromatic rings. The lowest BCUT2D eigenvalue weighted by Gasteiger charge is -2.29. The normalized spacial score (nSPS) is 13.9. The zero-order valence-corrected chi connectivity index (χ0v) is 12.2. The molecule has 0 fully saturated rings. The fraction of sp³-hybridized carbons (Fsp3) is 0.385. The largest absolute Gasteiger partial charge is 0.497 e. The van der Waals surface area contributed by atoms with Crippen LogP contribution in [0.2, 0.25) is 0 Å². The van der Waals surface area contributed by atoms with Crippen molar-refractivity contribution in [2.75, 3.05) is 14.2 Å². The van der Waals surface area contributed by atoms with E-state index < -0.39 is 15.3 Å². The van der Waals surface area contributed by atoms with Crippen LogP contribution in [-0.2, 0) is 4.74 Å². The predicted molar refractivity (Wildman–Crippen MR) is 73.6 cm³/mol. The van der Waals surface area contributed by atoms with Crippen molar-refractivity contribution in [2.24, 2.45) is 0 Å². The average molecular weight is 283 g/mol. The number of carboxylic acid groups (broad SMARTS) is 1. The van der Waals surface area contributed by atoms with Gasteiger partial charge < -0.3 is 14.6 Å². The van der Waals surface area contributed by atoms with Crippen molar-refractivity contribution in [1.29, 1.82) is 0 Å². The van der Waals surface area contributed by atoms with Crippen LogP contribution in [0, 0.1) is 0 Å². The van der Waals surface area contributed by atoms with Gasteiger partial charge in [-0.25, -0.2) is 4.79 Å². The first-order chi connectivity index (χ1) is 8.81. The van der Waals surface area contributed by atoms with Gasteiger partial charge in [-0.2, -0.15) is 3.89 Å². The molecule has 0 N–H and O–H groups in total. The standard InChI is InChI=1S/C13H17NO4S/c1-9(2)10-6-5-7-11(8-10)14(3,12(15)16)19-13(17)18-4/h5-9H,1-4H3. The SMILES string of the molecule is COC(=O)S[N+](C)(C(=O)[O-])c1cccc(C(C)C)c1. The van der Waals surface area contributed by atoms with E-state index in [2.05, 4.69) is 4.74 Å². The van der Waals surface area contributed by atoms with Crippen LogP contribution in [0.15, 0.2) is 24.3 Å². The quantitative estimate of drug-likeness (QED) is 0.474. The number of nitrogens with zero attached hydrogens (tertiary/aromatic N) is 1. The molecule has 19 heavy (non-hydrogen) atoms. The lowest BCUT2D eigenvalue weighted by Crippen LogP contribution is -2.52. The molecule has 1 aromatic carbocycles. The summed E-state index contributed by atoms with van der Waals surface area (Å²) in [6, 6.07) is 7.09. The molecule has 1 amide bonds. The number of benzene rings is 1. The van der Waals surface area contributed by atoms with E-state index in [4.69, 9.17) is 0 Å².